The SMILES string of the molecule is COC[C@H]1O[C@@H](n2cnc3c(F)cc(C)cc32)C[C@H]1O[P@](C)(=O)O. The van der Waals surface area contributed by atoms with Crippen LogP contribution < -0.4 is 0 Å². The summed E-state index contributed by atoms with van der Waals surface area (Å²) in [5.74, 6) is -0.392. The highest BCUT2D eigenvalue weighted by molar-refractivity contribution is 7.51. The zero-order valence-electron chi connectivity index (χ0n) is 13.7. The lowest BCUT2D eigenvalue weighted by atomic mass is 10.2. The normalized spacial score (nSPS) is 26.8. The molecule has 1 N–H and O–H groups in total. The first-order valence-corrected chi connectivity index (χ1v) is 9.56. The maximum atomic E-state index is 14.0. The molecular formula is C15H20FN2O5P. The van der Waals surface area contributed by atoms with Gasteiger partial charge in [0.25, 0.3) is 0 Å². The van der Waals surface area contributed by atoms with Crippen LogP contribution in [-0.2, 0) is 18.6 Å². The number of imidazole rings is 1. The number of hydrogen-bond donors (Lipinski definition) is 1. The third-order valence-electron chi connectivity index (χ3n) is 3.93. The van der Waals surface area contributed by atoms with E-state index in [4.69, 9.17) is 14.0 Å². The van der Waals surface area contributed by atoms with Crippen LogP contribution >= 0.6 is 7.60 Å². The average Bonchev–Trinajstić information content (AvgIpc) is 3.02. The van der Waals surface area contributed by atoms with Gasteiger partial charge in [-0.05, 0) is 24.6 Å². The van der Waals surface area contributed by atoms with Crippen molar-refractivity contribution < 1.29 is 27.8 Å². The number of aryl methyl sites for hydroxylation is 1. The summed E-state index contributed by atoms with van der Waals surface area (Å²) >= 11 is 0. The highest BCUT2D eigenvalue weighted by atomic mass is 31.2. The molecule has 0 radical (unpaired) electrons. The second kappa shape index (κ2) is 6.54. The van der Waals surface area contributed by atoms with Crippen LogP contribution in [0.1, 0.15) is 18.2 Å². The Morgan fingerprint density at radius 1 is 1.54 bits per heavy atom. The van der Waals surface area contributed by atoms with Gasteiger partial charge in [-0.1, -0.05) is 0 Å². The van der Waals surface area contributed by atoms with Gasteiger partial charge in [-0.15, -0.1) is 0 Å². The highest BCUT2D eigenvalue weighted by Gasteiger charge is 2.40. The van der Waals surface area contributed by atoms with Gasteiger partial charge in [-0.25, -0.2) is 9.37 Å². The van der Waals surface area contributed by atoms with Crippen molar-refractivity contribution >= 4 is 18.6 Å². The molecule has 9 heteroatoms. The van der Waals surface area contributed by atoms with Gasteiger partial charge < -0.3 is 23.5 Å². The maximum Gasteiger partial charge on any atom is 0.325 e. The number of ether oxygens (including phenoxy) is 2. The number of hydrogen-bond acceptors (Lipinski definition) is 5. The van der Waals surface area contributed by atoms with Gasteiger partial charge in [-0.3, -0.25) is 4.57 Å². The number of halogens is 1. The maximum absolute atomic E-state index is 14.0. The number of methoxy groups -OCH3 is 1. The molecule has 0 spiro atoms. The Hall–Kier alpha value is -1.31. The van der Waals surface area contributed by atoms with Crippen molar-refractivity contribution in [1.82, 2.24) is 9.55 Å². The Bertz CT molecular complexity index is 790. The number of fused-ring (bicyclic) bond motifs is 1. The van der Waals surface area contributed by atoms with Gasteiger partial charge >= 0.3 is 7.60 Å². The fourth-order valence-electron chi connectivity index (χ4n) is 3.00. The smallest absolute Gasteiger partial charge is 0.325 e. The molecule has 1 aliphatic rings. The Morgan fingerprint density at radius 3 is 2.96 bits per heavy atom. The predicted octanol–water partition coefficient (Wildman–Crippen LogP) is 2.62. The van der Waals surface area contributed by atoms with Crippen molar-refractivity contribution in [2.24, 2.45) is 0 Å². The average molecular weight is 358 g/mol. The molecule has 132 valence electrons. The molecule has 1 aromatic carbocycles. The van der Waals surface area contributed by atoms with Gasteiger partial charge in [0.15, 0.2) is 5.82 Å². The van der Waals surface area contributed by atoms with Gasteiger partial charge in [-0.2, -0.15) is 0 Å². The molecule has 0 aliphatic carbocycles. The topological polar surface area (TPSA) is 82.8 Å². The van der Waals surface area contributed by atoms with Crippen molar-refractivity contribution in [1.29, 1.82) is 0 Å². The van der Waals surface area contributed by atoms with Crippen molar-refractivity contribution in [3.63, 3.8) is 0 Å². The molecule has 2 aromatic rings. The molecule has 1 fully saturated rings. The second-order valence-corrected chi connectivity index (χ2v) is 7.85. The molecule has 0 amide bonds. The molecule has 1 aromatic heterocycles. The summed E-state index contributed by atoms with van der Waals surface area (Å²) in [5.41, 5.74) is 1.65. The van der Waals surface area contributed by atoms with Crippen LogP contribution in [0, 0.1) is 12.7 Å². The molecule has 0 unspecified atom stereocenters. The fraction of sp³-hybridized carbons (Fsp3) is 0.533. The third kappa shape index (κ3) is 3.53. The monoisotopic (exact) mass is 358 g/mol. The molecule has 3 rings (SSSR count). The van der Waals surface area contributed by atoms with E-state index < -0.39 is 31.8 Å². The Kier molecular flexibility index (Phi) is 4.77. The molecule has 4 atom stereocenters. The Balaban J connectivity index is 1.91. The zero-order chi connectivity index (χ0) is 17.5. The highest BCUT2D eigenvalue weighted by Crippen LogP contribution is 2.44. The molecule has 0 saturated carbocycles. The molecular weight excluding hydrogens is 338 g/mol. The van der Waals surface area contributed by atoms with Crippen LogP contribution in [0.25, 0.3) is 11.0 Å². The van der Waals surface area contributed by atoms with E-state index >= 15 is 0 Å². The van der Waals surface area contributed by atoms with Crippen LogP contribution in [0.3, 0.4) is 0 Å². The van der Waals surface area contributed by atoms with E-state index in [0.29, 0.717) is 11.9 Å². The number of rotatable bonds is 5. The van der Waals surface area contributed by atoms with Crippen LogP contribution in [0.4, 0.5) is 4.39 Å². The number of aromatic nitrogens is 2. The van der Waals surface area contributed by atoms with Gasteiger partial charge in [0.1, 0.15) is 17.8 Å². The summed E-state index contributed by atoms with van der Waals surface area (Å²) in [5, 5.41) is 0. The third-order valence-corrected chi connectivity index (χ3v) is 4.59. The van der Waals surface area contributed by atoms with Crippen LogP contribution in [0.5, 0.6) is 0 Å². The lowest BCUT2D eigenvalue weighted by molar-refractivity contribution is -0.0492. The number of benzene rings is 1. The largest absolute Gasteiger partial charge is 0.382 e. The Labute approximate surface area is 138 Å². The minimum atomic E-state index is -3.66. The van der Waals surface area contributed by atoms with Gasteiger partial charge in [0, 0.05) is 20.2 Å². The first-order chi connectivity index (χ1) is 11.3. The van der Waals surface area contributed by atoms with Crippen molar-refractivity contribution in [2.45, 2.75) is 31.8 Å². The van der Waals surface area contributed by atoms with Crippen molar-refractivity contribution in [3.05, 3.63) is 29.8 Å². The van der Waals surface area contributed by atoms with Gasteiger partial charge in [0.05, 0.1) is 24.6 Å². The van der Waals surface area contributed by atoms with Crippen LogP contribution in [0.2, 0.25) is 0 Å². The predicted molar refractivity (Wildman–Crippen MR) is 85.5 cm³/mol. The summed E-state index contributed by atoms with van der Waals surface area (Å²) < 4.78 is 43.6. The van der Waals surface area contributed by atoms with E-state index in [9.17, 15) is 13.8 Å². The summed E-state index contributed by atoms with van der Waals surface area (Å²) in [6, 6.07) is 3.25. The molecule has 2 heterocycles. The van der Waals surface area contributed by atoms with Crippen LogP contribution in [-0.4, -0.2) is 47.0 Å². The minimum Gasteiger partial charge on any atom is -0.382 e. The molecule has 1 saturated heterocycles. The zero-order valence-corrected chi connectivity index (χ0v) is 14.6. The van der Waals surface area contributed by atoms with Gasteiger partial charge in [0.2, 0.25) is 0 Å². The Morgan fingerprint density at radius 2 is 2.29 bits per heavy atom. The summed E-state index contributed by atoms with van der Waals surface area (Å²) in [6.45, 7) is 3.16. The van der Waals surface area contributed by atoms with E-state index in [1.165, 1.54) is 19.5 Å². The summed E-state index contributed by atoms with van der Waals surface area (Å²) in [4.78, 5) is 13.6. The van der Waals surface area contributed by atoms with Crippen LogP contribution in [0.15, 0.2) is 18.5 Å². The first-order valence-electron chi connectivity index (χ1n) is 7.54. The quantitative estimate of drug-likeness (QED) is 0.828. The molecule has 1 aliphatic heterocycles. The first kappa shape index (κ1) is 17.5. The van der Waals surface area contributed by atoms with E-state index in [2.05, 4.69) is 4.98 Å². The molecule has 24 heavy (non-hydrogen) atoms. The minimum absolute atomic E-state index is 0.223. The second-order valence-electron chi connectivity index (χ2n) is 6.03. The number of nitrogens with zero attached hydrogens (tertiary/aromatic N) is 2. The van der Waals surface area contributed by atoms with E-state index in [-0.39, 0.29) is 12.1 Å². The van der Waals surface area contributed by atoms with Crippen molar-refractivity contribution in [2.75, 3.05) is 20.4 Å². The lowest BCUT2D eigenvalue weighted by Crippen LogP contribution is -2.27. The van der Waals surface area contributed by atoms with E-state index in [1.807, 2.05) is 6.07 Å². The molecule has 0 bridgehead atoms. The van der Waals surface area contributed by atoms with E-state index in [1.54, 1.807) is 11.5 Å². The fourth-order valence-corrected chi connectivity index (χ4v) is 3.72. The summed E-state index contributed by atoms with van der Waals surface area (Å²) in [6.07, 6.45) is 0.283. The lowest BCUT2D eigenvalue weighted by Gasteiger charge is -2.19. The molecule has 7 nitrogen and oxygen atoms in total. The van der Waals surface area contributed by atoms with E-state index in [0.717, 1.165) is 12.2 Å². The van der Waals surface area contributed by atoms with Crippen molar-refractivity contribution in [3.8, 4) is 0 Å². The summed E-state index contributed by atoms with van der Waals surface area (Å²) in [7, 11) is -2.15. The standard InChI is InChI=1S/C15H20FN2O5P/c1-9-4-10(16)15-11(5-9)18(8-17-15)14-6-12(23-24(3,19)20)13(22-14)7-21-2/h4-5,8,12-14H,6-7H2,1-3H3,(H,19,20)/t12-,13-,14-/m1/s1.